The molecule has 0 aliphatic rings. The summed E-state index contributed by atoms with van der Waals surface area (Å²) in [6, 6.07) is 6.97. The summed E-state index contributed by atoms with van der Waals surface area (Å²) in [6.07, 6.45) is 1.63. The van der Waals surface area contributed by atoms with Gasteiger partial charge in [0, 0.05) is 22.2 Å². The van der Waals surface area contributed by atoms with E-state index in [9.17, 15) is 4.79 Å². The third-order valence-corrected chi connectivity index (χ3v) is 4.32. The number of amides is 1. The van der Waals surface area contributed by atoms with Crippen molar-refractivity contribution in [3.05, 3.63) is 57.3 Å². The molecule has 22 heavy (non-hydrogen) atoms. The number of benzene rings is 1. The number of hydrogen-bond donors (Lipinski definition) is 2. The third kappa shape index (κ3) is 3.30. The first-order chi connectivity index (χ1) is 10.6. The van der Waals surface area contributed by atoms with Crippen LogP contribution in [0.5, 0.6) is 0 Å². The highest BCUT2D eigenvalue weighted by atomic mass is 35.5. The second kappa shape index (κ2) is 6.48. The predicted octanol–water partition coefficient (Wildman–Crippen LogP) is 3.77. The fraction of sp³-hybridized carbons (Fsp3) is 0.0714. The SMILES string of the molecule is O=C(NCc1ccn[nH]1)c1csc(-c2ccc(Cl)cc2Cl)n1. The standard InChI is InChI=1S/C14H10Cl2N4OS/c15-8-1-2-10(11(16)5-8)14-19-12(7-22-14)13(21)17-6-9-3-4-18-20-9/h1-5,7H,6H2,(H,17,21)(H,18,20). The van der Waals surface area contributed by atoms with Crippen molar-refractivity contribution in [3.8, 4) is 10.6 Å². The normalized spacial score (nSPS) is 10.6. The first-order valence-corrected chi connectivity index (χ1v) is 7.94. The van der Waals surface area contributed by atoms with Crippen LogP contribution in [0.2, 0.25) is 10.0 Å². The molecule has 2 heterocycles. The highest BCUT2D eigenvalue weighted by Crippen LogP contribution is 2.32. The molecular weight excluding hydrogens is 343 g/mol. The van der Waals surface area contributed by atoms with Crippen molar-refractivity contribution >= 4 is 40.4 Å². The Balaban J connectivity index is 1.74. The van der Waals surface area contributed by atoms with Gasteiger partial charge in [0.05, 0.1) is 17.3 Å². The van der Waals surface area contributed by atoms with Gasteiger partial charge in [-0.1, -0.05) is 23.2 Å². The monoisotopic (exact) mass is 352 g/mol. The maximum atomic E-state index is 12.1. The molecule has 0 fully saturated rings. The van der Waals surface area contributed by atoms with Gasteiger partial charge in [0.15, 0.2) is 0 Å². The van der Waals surface area contributed by atoms with Crippen LogP contribution in [0.1, 0.15) is 16.2 Å². The van der Waals surface area contributed by atoms with E-state index in [2.05, 4.69) is 20.5 Å². The number of hydrogen-bond acceptors (Lipinski definition) is 4. The van der Waals surface area contributed by atoms with Crippen LogP contribution in [0.3, 0.4) is 0 Å². The molecule has 0 bridgehead atoms. The molecule has 3 rings (SSSR count). The Bertz CT molecular complexity index is 801. The van der Waals surface area contributed by atoms with Gasteiger partial charge in [0.25, 0.3) is 5.91 Å². The van der Waals surface area contributed by atoms with Gasteiger partial charge >= 0.3 is 0 Å². The Morgan fingerprint density at radius 2 is 2.18 bits per heavy atom. The minimum absolute atomic E-state index is 0.248. The molecule has 8 heteroatoms. The second-order valence-electron chi connectivity index (χ2n) is 4.43. The smallest absolute Gasteiger partial charge is 0.271 e. The topological polar surface area (TPSA) is 70.7 Å². The molecule has 0 spiro atoms. The third-order valence-electron chi connectivity index (χ3n) is 2.90. The summed E-state index contributed by atoms with van der Waals surface area (Å²) in [5, 5.41) is 12.8. The molecule has 1 aromatic carbocycles. The van der Waals surface area contributed by atoms with Crippen LogP contribution in [0.15, 0.2) is 35.8 Å². The Kier molecular flexibility index (Phi) is 4.42. The van der Waals surface area contributed by atoms with Gasteiger partial charge in [-0.15, -0.1) is 11.3 Å². The number of rotatable bonds is 4. The summed E-state index contributed by atoms with van der Waals surface area (Å²) in [6.45, 7) is 0.368. The van der Waals surface area contributed by atoms with E-state index in [0.29, 0.717) is 27.3 Å². The number of nitrogens with one attached hydrogen (secondary N) is 2. The number of halogens is 2. The van der Waals surface area contributed by atoms with Crippen molar-refractivity contribution in [3.63, 3.8) is 0 Å². The summed E-state index contributed by atoms with van der Waals surface area (Å²) in [5.41, 5.74) is 1.93. The summed E-state index contributed by atoms with van der Waals surface area (Å²) in [5.74, 6) is -0.248. The number of aromatic amines is 1. The van der Waals surface area contributed by atoms with Crippen LogP contribution in [0.25, 0.3) is 10.6 Å². The van der Waals surface area contributed by atoms with Gasteiger partial charge in [-0.25, -0.2) is 4.98 Å². The molecule has 0 radical (unpaired) electrons. The zero-order valence-corrected chi connectivity index (χ0v) is 13.5. The number of carbonyl (C=O) groups is 1. The number of nitrogens with zero attached hydrogens (tertiary/aromatic N) is 2. The van der Waals surface area contributed by atoms with Gasteiger partial charge in [-0.05, 0) is 24.3 Å². The van der Waals surface area contributed by atoms with Crippen LogP contribution in [-0.2, 0) is 6.54 Å². The minimum Gasteiger partial charge on any atom is -0.345 e. The van der Waals surface area contributed by atoms with E-state index in [1.54, 1.807) is 35.8 Å². The zero-order valence-electron chi connectivity index (χ0n) is 11.1. The van der Waals surface area contributed by atoms with Crippen LogP contribution < -0.4 is 5.32 Å². The molecule has 112 valence electrons. The van der Waals surface area contributed by atoms with Crippen LogP contribution in [0.4, 0.5) is 0 Å². The quantitative estimate of drug-likeness (QED) is 0.750. The molecule has 0 unspecified atom stereocenters. The molecule has 0 aliphatic carbocycles. The Morgan fingerprint density at radius 1 is 1.32 bits per heavy atom. The highest BCUT2D eigenvalue weighted by Gasteiger charge is 2.13. The second-order valence-corrected chi connectivity index (χ2v) is 6.13. The molecular formula is C14H10Cl2N4OS. The van der Waals surface area contributed by atoms with Crippen molar-refractivity contribution in [1.29, 1.82) is 0 Å². The van der Waals surface area contributed by atoms with Crippen LogP contribution >= 0.6 is 34.5 Å². The molecule has 0 aliphatic heterocycles. The van der Waals surface area contributed by atoms with Gasteiger partial charge in [-0.2, -0.15) is 5.10 Å². The maximum absolute atomic E-state index is 12.1. The number of aromatic nitrogens is 3. The lowest BCUT2D eigenvalue weighted by Crippen LogP contribution is -2.23. The number of carbonyl (C=O) groups excluding carboxylic acids is 1. The maximum Gasteiger partial charge on any atom is 0.271 e. The first kappa shape index (κ1) is 15.0. The van der Waals surface area contributed by atoms with E-state index in [4.69, 9.17) is 23.2 Å². The lowest BCUT2D eigenvalue weighted by atomic mass is 10.2. The van der Waals surface area contributed by atoms with Gasteiger partial charge in [0.2, 0.25) is 0 Å². The van der Waals surface area contributed by atoms with Gasteiger partial charge in [0.1, 0.15) is 10.7 Å². The average Bonchev–Trinajstić information content (AvgIpc) is 3.16. The lowest BCUT2D eigenvalue weighted by Gasteiger charge is -2.01. The van der Waals surface area contributed by atoms with Crippen molar-refractivity contribution in [2.75, 3.05) is 0 Å². The molecule has 2 aromatic heterocycles. The first-order valence-electron chi connectivity index (χ1n) is 6.31. The van der Waals surface area contributed by atoms with Crippen molar-refractivity contribution in [1.82, 2.24) is 20.5 Å². The Hall–Kier alpha value is -1.89. The fourth-order valence-electron chi connectivity index (χ4n) is 1.81. The molecule has 5 nitrogen and oxygen atoms in total. The van der Waals surface area contributed by atoms with Crippen molar-refractivity contribution < 1.29 is 4.79 Å². The molecule has 0 saturated carbocycles. The van der Waals surface area contributed by atoms with E-state index >= 15 is 0 Å². The fourth-order valence-corrected chi connectivity index (χ4v) is 3.21. The van der Waals surface area contributed by atoms with E-state index in [1.807, 2.05) is 0 Å². The highest BCUT2D eigenvalue weighted by molar-refractivity contribution is 7.13. The van der Waals surface area contributed by atoms with Gasteiger partial charge < -0.3 is 5.32 Å². The van der Waals surface area contributed by atoms with E-state index in [0.717, 1.165) is 11.3 Å². The summed E-state index contributed by atoms with van der Waals surface area (Å²) in [4.78, 5) is 16.4. The van der Waals surface area contributed by atoms with E-state index < -0.39 is 0 Å². The molecule has 2 N–H and O–H groups in total. The zero-order chi connectivity index (χ0) is 15.5. The van der Waals surface area contributed by atoms with Crippen molar-refractivity contribution in [2.24, 2.45) is 0 Å². The summed E-state index contributed by atoms with van der Waals surface area (Å²) in [7, 11) is 0. The van der Waals surface area contributed by atoms with Gasteiger partial charge in [-0.3, -0.25) is 9.89 Å². The molecule has 3 aromatic rings. The van der Waals surface area contributed by atoms with Crippen LogP contribution in [0, 0.1) is 0 Å². The molecule has 0 atom stereocenters. The number of thiazole rings is 1. The average molecular weight is 353 g/mol. The summed E-state index contributed by atoms with van der Waals surface area (Å²) < 4.78 is 0. The van der Waals surface area contributed by atoms with Crippen molar-refractivity contribution in [2.45, 2.75) is 6.54 Å². The van der Waals surface area contributed by atoms with E-state index in [1.165, 1.54) is 11.3 Å². The lowest BCUT2D eigenvalue weighted by molar-refractivity contribution is 0.0946. The predicted molar refractivity (Wildman–Crippen MR) is 87.3 cm³/mol. The summed E-state index contributed by atoms with van der Waals surface area (Å²) >= 11 is 13.4. The Labute approximate surface area is 140 Å². The Morgan fingerprint density at radius 3 is 2.91 bits per heavy atom. The molecule has 0 saturated heterocycles. The minimum atomic E-state index is -0.248. The van der Waals surface area contributed by atoms with E-state index in [-0.39, 0.29) is 5.91 Å². The van der Waals surface area contributed by atoms with Crippen LogP contribution in [-0.4, -0.2) is 21.1 Å². The largest absolute Gasteiger partial charge is 0.345 e. The number of H-pyrrole nitrogens is 1. The molecule has 1 amide bonds.